The van der Waals surface area contributed by atoms with E-state index in [-0.39, 0.29) is 10.6 Å². The van der Waals surface area contributed by atoms with Gasteiger partial charge in [-0.2, -0.15) is 4.39 Å². The molecule has 0 spiro atoms. The quantitative estimate of drug-likeness (QED) is 0.552. The topological polar surface area (TPSA) is 98.3 Å². The van der Waals surface area contributed by atoms with Gasteiger partial charge in [0.25, 0.3) is 5.91 Å². The third-order valence-corrected chi connectivity index (χ3v) is 3.59. The van der Waals surface area contributed by atoms with Crippen molar-refractivity contribution in [1.29, 1.82) is 0 Å². The van der Waals surface area contributed by atoms with E-state index in [1.54, 1.807) is 24.3 Å². The second-order valence-electron chi connectivity index (χ2n) is 4.91. The predicted molar refractivity (Wildman–Crippen MR) is 88.0 cm³/mol. The average molecular weight is 362 g/mol. The first-order chi connectivity index (χ1) is 12.0. The highest BCUT2D eigenvalue weighted by atomic mass is 35.5. The number of aromatic nitrogens is 1. The fourth-order valence-corrected chi connectivity index (χ4v) is 2.38. The number of amides is 1. The summed E-state index contributed by atoms with van der Waals surface area (Å²) in [6.07, 6.45) is 2.90. The molecule has 1 amide bonds. The number of carbonyl (C=O) groups is 1. The number of oxazole rings is 1. The van der Waals surface area contributed by atoms with Crippen molar-refractivity contribution in [2.45, 2.75) is 0 Å². The first kappa shape index (κ1) is 16.6. The molecule has 0 bridgehead atoms. The Kier molecular flexibility index (Phi) is 4.44. The van der Waals surface area contributed by atoms with Gasteiger partial charge < -0.3 is 9.73 Å². The summed E-state index contributed by atoms with van der Waals surface area (Å²) in [5, 5.41) is 13.1. The second kappa shape index (κ2) is 6.70. The van der Waals surface area contributed by atoms with E-state index in [1.165, 1.54) is 12.5 Å². The second-order valence-corrected chi connectivity index (χ2v) is 5.32. The number of benzene rings is 2. The summed E-state index contributed by atoms with van der Waals surface area (Å²) < 4.78 is 18.7. The van der Waals surface area contributed by atoms with Gasteiger partial charge in [-0.15, -0.1) is 0 Å². The minimum Gasteiger partial charge on any atom is -0.445 e. The third kappa shape index (κ3) is 3.48. The Balaban J connectivity index is 1.89. The molecule has 2 aromatic carbocycles. The summed E-state index contributed by atoms with van der Waals surface area (Å²) in [5.41, 5.74) is -0.0258. The van der Waals surface area contributed by atoms with Crippen LogP contribution in [-0.4, -0.2) is 15.8 Å². The lowest BCUT2D eigenvalue weighted by molar-refractivity contribution is -0.387. The highest BCUT2D eigenvalue weighted by Gasteiger charge is 2.21. The molecule has 0 saturated carbocycles. The summed E-state index contributed by atoms with van der Waals surface area (Å²) in [6.45, 7) is 0. The summed E-state index contributed by atoms with van der Waals surface area (Å²) >= 11 is 5.83. The Hall–Kier alpha value is -3.26. The van der Waals surface area contributed by atoms with E-state index in [1.807, 2.05) is 0 Å². The Morgan fingerprint density at radius 2 is 2.12 bits per heavy atom. The lowest BCUT2D eigenvalue weighted by Crippen LogP contribution is -2.13. The van der Waals surface area contributed by atoms with Gasteiger partial charge in [-0.05, 0) is 18.2 Å². The molecule has 0 fully saturated rings. The van der Waals surface area contributed by atoms with E-state index in [9.17, 15) is 19.3 Å². The van der Waals surface area contributed by atoms with Gasteiger partial charge in [-0.3, -0.25) is 14.9 Å². The van der Waals surface area contributed by atoms with Crippen molar-refractivity contribution in [3.63, 3.8) is 0 Å². The van der Waals surface area contributed by atoms with Crippen LogP contribution in [0.15, 0.2) is 53.3 Å². The normalized spacial score (nSPS) is 10.5. The standard InChI is InChI=1S/C16H9ClFN3O4/c17-12-8-13(18)14(21(23)24)7-11(12)15(22)20-10-3-1-2-9(6-10)16-19-4-5-25-16/h1-8H,(H,20,22). The molecule has 0 aliphatic rings. The highest BCUT2D eigenvalue weighted by molar-refractivity contribution is 6.34. The molecule has 0 aliphatic heterocycles. The Morgan fingerprint density at radius 3 is 2.80 bits per heavy atom. The number of nitrogens with zero attached hydrogens (tertiary/aromatic N) is 2. The molecule has 3 aromatic rings. The number of hydrogen-bond acceptors (Lipinski definition) is 5. The molecule has 1 heterocycles. The van der Waals surface area contributed by atoms with Crippen molar-refractivity contribution >= 4 is 28.9 Å². The lowest BCUT2D eigenvalue weighted by atomic mass is 10.1. The number of halogens is 2. The monoisotopic (exact) mass is 361 g/mol. The van der Waals surface area contributed by atoms with Crippen LogP contribution in [0.1, 0.15) is 10.4 Å². The smallest absolute Gasteiger partial charge is 0.305 e. The van der Waals surface area contributed by atoms with Gasteiger partial charge in [0.1, 0.15) is 6.26 Å². The molecule has 0 radical (unpaired) electrons. The summed E-state index contributed by atoms with van der Waals surface area (Å²) in [7, 11) is 0. The maximum absolute atomic E-state index is 13.5. The Bertz CT molecular complexity index is 960. The molecule has 0 atom stereocenters. The van der Waals surface area contributed by atoms with E-state index >= 15 is 0 Å². The summed E-state index contributed by atoms with van der Waals surface area (Å²) in [6, 6.07) is 8.15. The number of anilines is 1. The molecule has 25 heavy (non-hydrogen) atoms. The van der Waals surface area contributed by atoms with Gasteiger partial charge in [0.2, 0.25) is 11.7 Å². The van der Waals surface area contributed by atoms with E-state index in [0.717, 1.165) is 12.1 Å². The SMILES string of the molecule is O=C(Nc1cccc(-c2ncco2)c1)c1cc([N+](=O)[O-])c(F)cc1Cl. The van der Waals surface area contributed by atoms with Crippen molar-refractivity contribution in [2.75, 3.05) is 5.32 Å². The average Bonchev–Trinajstić information content (AvgIpc) is 3.09. The van der Waals surface area contributed by atoms with Gasteiger partial charge in [0, 0.05) is 23.4 Å². The predicted octanol–water partition coefficient (Wildman–Crippen LogP) is 4.29. The van der Waals surface area contributed by atoms with Crippen LogP contribution in [0.2, 0.25) is 5.02 Å². The van der Waals surface area contributed by atoms with Crippen LogP contribution in [0, 0.1) is 15.9 Å². The highest BCUT2D eigenvalue weighted by Crippen LogP contribution is 2.27. The number of rotatable bonds is 4. The van der Waals surface area contributed by atoms with Crippen molar-refractivity contribution in [3.8, 4) is 11.5 Å². The van der Waals surface area contributed by atoms with Gasteiger partial charge >= 0.3 is 5.69 Å². The lowest BCUT2D eigenvalue weighted by Gasteiger charge is -2.08. The maximum Gasteiger partial charge on any atom is 0.305 e. The molecule has 0 saturated heterocycles. The fourth-order valence-electron chi connectivity index (χ4n) is 2.15. The number of nitrogens with one attached hydrogen (secondary N) is 1. The van der Waals surface area contributed by atoms with Gasteiger partial charge in [-0.1, -0.05) is 17.7 Å². The van der Waals surface area contributed by atoms with Gasteiger partial charge in [-0.25, -0.2) is 4.98 Å². The van der Waals surface area contributed by atoms with Crippen LogP contribution in [0.3, 0.4) is 0 Å². The van der Waals surface area contributed by atoms with Crippen molar-refractivity contribution in [2.24, 2.45) is 0 Å². The van der Waals surface area contributed by atoms with Gasteiger partial charge in [0.05, 0.1) is 21.7 Å². The number of nitro benzene ring substituents is 1. The first-order valence-corrected chi connectivity index (χ1v) is 7.28. The fraction of sp³-hybridized carbons (Fsp3) is 0. The minimum atomic E-state index is -1.11. The molecule has 0 unspecified atom stereocenters. The number of hydrogen-bond donors (Lipinski definition) is 1. The van der Waals surface area contributed by atoms with E-state index < -0.39 is 22.3 Å². The largest absolute Gasteiger partial charge is 0.445 e. The Labute approximate surface area is 145 Å². The van der Waals surface area contributed by atoms with E-state index in [0.29, 0.717) is 17.1 Å². The zero-order valence-electron chi connectivity index (χ0n) is 12.4. The molecule has 3 rings (SSSR count). The molecule has 7 nitrogen and oxygen atoms in total. The molecule has 9 heteroatoms. The van der Waals surface area contributed by atoms with Crippen LogP contribution in [0.4, 0.5) is 15.8 Å². The van der Waals surface area contributed by atoms with E-state index in [4.69, 9.17) is 16.0 Å². The summed E-state index contributed by atoms with van der Waals surface area (Å²) in [4.78, 5) is 26.2. The zero-order chi connectivity index (χ0) is 18.0. The zero-order valence-corrected chi connectivity index (χ0v) is 13.2. The first-order valence-electron chi connectivity index (χ1n) is 6.90. The van der Waals surface area contributed by atoms with E-state index in [2.05, 4.69) is 10.3 Å². The van der Waals surface area contributed by atoms with Crippen LogP contribution in [0.5, 0.6) is 0 Å². The van der Waals surface area contributed by atoms with Crippen LogP contribution >= 0.6 is 11.6 Å². The molecule has 0 aliphatic carbocycles. The van der Waals surface area contributed by atoms with Gasteiger partial charge in [0.15, 0.2) is 0 Å². The molecule has 126 valence electrons. The van der Waals surface area contributed by atoms with Crippen LogP contribution < -0.4 is 5.32 Å². The van der Waals surface area contributed by atoms with Crippen LogP contribution in [-0.2, 0) is 0 Å². The van der Waals surface area contributed by atoms with Crippen LogP contribution in [0.25, 0.3) is 11.5 Å². The number of carbonyl (C=O) groups excluding carboxylic acids is 1. The third-order valence-electron chi connectivity index (χ3n) is 3.28. The molecule has 1 N–H and O–H groups in total. The maximum atomic E-state index is 13.5. The molecular formula is C16H9ClFN3O4. The summed E-state index contributed by atoms with van der Waals surface area (Å²) in [5.74, 6) is -1.46. The van der Waals surface area contributed by atoms with Crippen molar-refractivity contribution < 1.29 is 18.5 Å². The number of nitro groups is 1. The minimum absolute atomic E-state index is 0.212. The van der Waals surface area contributed by atoms with Crippen molar-refractivity contribution in [3.05, 3.63) is 75.4 Å². The molecule has 1 aromatic heterocycles. The molecular weight excluding hydrogens is 353 g/mol. The van der Waals surface area contributed by atoms with Crippen molar-refractivity contribution in [1.82, 2.24) is 4.98 Å². The Morgan fingerprint density at radius 1 is 1.32 bits per heavy atom.